The van der Waals surface area contributed by atoms with Gasteiger partial charge in [0.15, 0.2) is 0 Å². The van der Waals surface area contributed by atoms with Crippen LogP contribution in [-0.4, -0.2) is 11.5 Å². The van der Waals surface area contributed by atoms with Gasteiger partial charge in [-0.1, -0.05) is 75.1 Å². The third-order valence-corrected chi connectivity index (χ3v) is 3.63. The number of anilines is 1. The third kappa shape index (κ3) is 7.64. The Morgan fingerprint density at radius 2 is 1.63 bits per heavy atom. The second kappa shape index (κ2) is 10.3. The molecule has 0 saturated heterocycles. The molecule has 1 N–H and O–H groups in total. The molecule has 0 aliphatic rings. The van der Waals surface area contributed by atoms with Crippen molar-refractivity contribution in [2.45, 2.75) is 58.3 Å². The maximum absolute atomic E-state index is 6.03. The summed E-state index contributed by atoms with van der Waals surface area (Å²) in [5, 5.41) is 4.41. The lowest BCUT2D eigenvalue weighted by molar-refractivity contribution is 0.581. The van der Waals surface area contributed by atoms with E-state index >= 15 is 0 Å². The number of pyridine rings is 1. The van der Waals surface area contributed by atoms with Crippen molar-refractivity contribution in [1.82, 2.24) is 4.98 Å². The molecule has 0 radical (unpaired) electrons. The molecular weight excluding hydrogens is 279 g/mol. The van der Waals surface area contributed by atoms with Crippen LogP contribution >= 0.6 is 23.2 Å². The first kappa shape index (κ1) is 16.6. The Morgan fingerprint density at radius 3 is 2.26 bits per heavy atom. The van der Waals surface area contributed by atoms with Crippen molar-refractivity contribution in [2.24, 2.45) is 0 Å². The maximum atomic E-state index is 6.03. The minimum absolute atomic E-state index is 0.572. The monoisotopic (exact) mass is 302 g/mol. The van der Waals surface area contributed by atoms with Crippen LogP contribution in [0.3, 0.4) is 0 Å². The number of rotatable bonds is 10. The van der Waals surface area contributed by atoms with Gasteiger partial charge in [-0.25, -0.2) is 4.98 Å². The molecule has 0 aliphatic carbocycles. The first-order valence-electron chi connectivity index (χ1n) is 7.29. The van der Waals surface area contributed by atoms with Gasteiger partial charge < -0.3 is 5.32 Å². The van der Waals surface area contributed by atoms with Gasteiger partial charge in [-0.2, -0.15) is 0 Å². The summed E-state index contributed by atoms with van der Waals surface area (Å²) in [5.41, 5.74) is 0. The summed E-state index contributed by atoms with van der Waals surface area (Å²) >= 11 is 11.8. The Kier molecular flexibility index (Phi) is 9.02. The molecule has 0 saturated carbocycles. The molecule has 1 aromatic rings. The van der Waals surface area contributed by atoms with Crippen molar-refractivity contribution >= 4 is 29.0 Å². The molecule has 2 nitrogen and oxygen atoms in total. The fraction of sp³-hybridized carbons (Fsp3) is 0.667. The maximum Gasteiger partial charge on any atom is 0.144 e. The topological polar surface area (TPSA) is 24.9 Å². The fourth-order valence-corrected chi connectivity index (χ4v) is 2.46. The number of halogens is 2. The van der Waals surface area contributed by atoms with Gasteiger partial charge in [-0.3, -0.25) is 0 Å². The van der Waals surface area contributed by atoms with Gasteiger partial charge in [-0.05, 0) is 12.5 Å². The number of hydrogen-bond acceptors (Lipinski definition) is 2. The summed E-state index contributed by atoms with van der Waals surface area (Å²) in [6.45, 7) is 3.17. The highest BCUT2D eigenvalue weighted by Crippen LogP contribution is 2.22. The molecule has 0 aromatic carbocycles. The Labute approximate surface area is 126 Å². The van der Waals surface area contributed by atoms with Gasteiger partial charge in [0.25, 0.3) is 0 Å². The van der Waals surface area contributed by atoms with Crippen LogP contribution in [0.2, 0.25) is 10.0 Å². The molecule has 0 amide bonds. The molecule has 19 heavy (non-hydrogen) atoms. The molecule has 0 unspecified atom stereocenters. The van der Waals surface area contributed by atoms with E-state index in [0.29, 0.717) is 10.0 Å². The number of nitrogens with one attached hydrogen (secondary N) is 1. The van der Waals surface area contributed by atoms with Crippen molar-refractivity contribution in [3.05, 3.63) is 22.3 Å². The summed E-state index contributed by atoms with van der Waals surface area (Å²) in [7, 11) is 0. The van der Waals surface area contributed by atoms with Crippen LogP contribution in [0.15, 0.2) is 12.3 Å². The van der Waals surface area contributed by atoms with E-state index in [0.717, 1.165) is 18.8 Å². The van der Waals surface area contributed by atoms with Crippen LogP contribution in [0.5, 0.6) is 0 Å². The average Bonchev–Trinajstić information content (AvgIpc) is 2.39. The van der Waals surface area contributed by atoms with Crippen LogP contribution in [0.4, 0.5) is 5.82 Å². The average molecular weight is 303 g/mol. The summed E-state index contributed by atoms with van der Waals surface area (Å²) in [6.07, 6.45) is 12.2. The first-order chi connectivity index (χ1) is 9.24. The van der Waals surface area contributed by atoms with Crippen molar-refractivity contribution in [2.75, 3.05) is 11.9 Å². The molecule has 0 bridgehead atoms. The van der Waals surface area contributed by atoms with Gasteiger partial charge in [0.1, 0.15) is 5.82 Å². The van der Waals surface area contributed by atoms with Gasteiger partial charge in [0.05, 0.1) is 10.0 Å². The predicted octanol–water partition coefficient (Wildman–Crippen LogP) is 5.94. The van der Waals surface area contributed by atoms with Crippen molar-refractivity contribution in [3.8, 4) is 0 Å². The minimum Gasteiger partial charge on any atom is -0.369 e. The van der Waals surface area contributed by atoms with E-state index < -0.39 is 0 Å². The van der Waals surface area contributed by atoms with E-state index in [-0.39, 0.29) is 0 Å². The van der Waals surface area contributed by atoms with Crippen molar-refractivity contribution in [3.63, 3.8) is 0 Å². The quantitative estimate of drug-likeness (QED) is 0.541. The zero-order valence-corrected chi connectivity index (χ0v) is 13.2. The lowest BCUT2D eigenvalue weighted by Gasteiger charge is -2.07. The zero-order chi connectivity index (χ0) is 13.9. The van der Waals surface area contributed by atoms with Gasteiger partial charge >= 0.3 is 0 Å². The standard InChI is InChI=1S/C15H24Cl2N2/c1-2-3-4-5-6-7-8-9-10-18-15-14(17)11-13(16)12-19-15/h11-12H,2-10H2,1H3,(H,18,19). The van der Waals surface area contributed by atoms with E-state index in [1.807, 2.05) is 0 Å². The number of aromatic nitrogens is 1. The summed E-state index contributed by atoms with van der Waals surface area (Å²) in [6, 6.07) is 1.71. The second-order valence-corrected chi connectivity index (χ2v) is 5.73. The molecule has 0 spiro atoms. The number of nitrogens with zero attached hydrogens (tertiary/aromatic N) is 1. The predicted molar refractivity (Wildman–Crippen MR) is 85.4 cm³/mol. The summed E-state index contributed by atoms with van der Waals surface area (Å²) < 4.78 is 0. The van der Waals surface area contributed by atoms with Crippen molar-refractivity contribution in [1.29, 1.82) is 0 Å². The first-order valence-corrected chi connectivity index (χ1v) is 8.04. The molecule has 1 aromatic heterocycles. The summed E-state index contributed by atoms with van der Waals surface area (Å²) in [4.78, 5) is 4.17. The highest BCUT2D eigenvalue weighted by atomic mass is 35.5. The second-order valence-electron chi connectivity index (χ2n) is 4.89. The van der Waals surface area contributed by atoms with Crippen LogP contribution in [0.1, 0.15) is 58.3 Å². The molecule has 1 rings (SSSR count). The number of unbranched alkanes of at least 4 members (excludes halogenated alkanes) is 7. The lowest BCUT2D eigenvalue weighted by Crippen LogP contribution is -2.03. The SMILES string of the molecule is CCCCCCCCCCNc1ncc(Cl)cc1Cl. The van der Waals surface area contributed by atoms with Gasteiger partial charge in [0.2, 0.25) is 0 Å². The Balaban J connectivity index is 2.01. The molecule has 0 aliphatic heterocycles. The third-order valence-electron chi connectivity index (χ3n) is 3.13. The number of hydrogen-bond donors (Lipinski definition) is 1. The van der Waals surface area contributed by atoms with Crippen LogP contribution < -0.4 is 5.32 Å². The molecular formula is C15H24Cl2N2. The highest BCUT2D eigenvalue weighted by molar-refractivity contribution is 6.35. The van der Waals surface area contributed by atoms with Gasteiger partial charge in [-0.15, -0.1) is 0 Å². The van der Waals surface area contributed by atoms with Gasteiger partial charge in [0, 0.05) is 12.7 Å². The van der Waals surface area contributed by atoms with Crippen LogP contribution in [0.25, 0.3) is 0 Å². The Morgan fingerprint density at radius 1 is 1.00 bits per heavy atom. The van der Waals surface area contributed by atoms with E-state index in [9.17, 15) is 0 Å². The summed E-state index contributed by atoms with van der Waals surface area (Å²) in [5.74, 6) is 0.731. The van der Waals surface area contributed by atoms with E-state index in [4.69, 9.17) is 23.2 Å². The molecule has 4 heteroatoms. The molecule has 1 heterocycles. The molecule has 108 valence electrons. The van der Waals surface area contributed by atoms with Crippen LogP contribution in [0, 0.1) is 0 Å². The minimum atomic E-state index is 0.572. The van der Waals surface area contributed by atoms with E-state index in [2.05, 4.69) is 17.2 Å². The lowest BCUT2D eigenvalue weighted by atomic mass is 10.1. The Bertz CT molecular complexity index is 356. The van der Waals surface area contributed by atoms with E-state index in [1.54, 1.807) is 12.3 Å². The molecule has 0 atom stereocenters. The normalized spacial score (nSPS) is 10.7. The Hall–Kier alpha value is -0.470. The van der Waals surface area contributed by atoms with E-state index in [1.165, 1.54) is 44.9 Å². The zero-order valence-electron chi connectivity index (χ0n) is 11.7. The fourth-order valence-electron chi connectivity index (χ4n) is 2.01. The highest BCUT2D eigenvalue weighted by Gasteiger charge is 2.01. The van der Waals surface area contributed by atoms with Crippen LogP contribution in [-0.2, 0) is 0 Å². The molecule has 0 fully saturated rings. The smallest absolute Gasteiger partial charge is 0.144 e. The van der Waals surface area contributed by atoms with Crippen molar-refractivity contribution < 1.29 is 0 Å². The largest absolute Gasteiger partial charge is 0.369 e.